The molecular weight excluding hydrogens is 252 g/mol. The number of carbonyl (C=O) groups excluding carboxylic acids is 2. The maximum atomic E-state index is 12.6. The minimum absolute atomic E-state index is 0.0141. The van der Waals surface area contributed by atoms with Gasteiger partial charge in [0.15, 0.2) is 5.78 Å². The average molecular weight is 270 g/mol. The number of nitrogens with zero attached hydrogens (tertiary/aromatic N) is 2. The molecule has 3 rings (SSSR count). The number of hydrogen-bond acceptors (Lipinski definition) is 4. The van der Waals surface area contributed by atoms with Crippen molar-refractivity contribution < 1.29 is 9.59 Å². The van der Waals surface area contributed by atoms with E-state index in [-0.39, 0.29) is 11.6 Å². The van der Waals surface area contributed by atoms with E-state index in [1.54, 1.807) is 24.3 Å². The Balaban J connectivity index is 2.06. The van der Waals surface area contributed by atoms with E-state index in [1.165, 1.54) is 0 Å². The Labute approximate surface area is 118 Å². The van der Waals surface area contributed by atoms with E-state index < -0.39 is 6.04 Å². The summed E-state index contributed by atoms with van der Waals surface area (Å²) in [6.45, 7) is 6.43. The highest BCUT2D eigenvalue weighted by Crippen LogP contribution is 2.26. The highest BCUT2D eigenvalue weighted by atomic mass is 16.1. The molecule has 0 radical (unpaired) electrons. The normalized spacial score (nSPS) is 24.4. The van der Waals surface area contributed by atoms with E-state index >= 15 is 0 Å². The van der Waals surface area contributed by atoms with Crippen molar-refractivity contribution in [2.75, 3.05) is 19.6 Å². The lowest BCUT2D eigenvalue weighted by atomic mass is 9.84. The summed E-state index contributed by atoms with van der Waals surface area (Å²) in [7, 11) is 0. The highest BCUT2D eigenvalue weighted by Gasteiger charge is 2.44. The van der Waals surface area contributed by atoms with Crippen molar-refractivity contribution in [3.63, 3.8) is 0 Å². The molecule has 2 aliphatic rings. The van der Waals surface area contributed by atoms with Crippen LogP contribution in [0.4, 0.5) is 0 Å². The molecule has 0 saturated carbocycles. The van der Waals surface area contributed by atoms with Crippen molar-refractivity contribution in [3.05, 3.63) is 35.4 Å². The third-order valence-electron chi connectivity index (χ3n) is 3.65. The van der Waals surface area contributed by atoms with Crippen LogP contribution in [0.15, 0.2) is 29.3 Å². The van der Waals surface area contributed by atoms with E-state index in [0.717, 1.165) is 13.1 Å². The van der Waals surface area contributed by atoms with Gasteiger partial charge in [-0.1, -0.05) is 38.1 Å². The molecule has 1 heterocycles. The summed E-state index contributed by atoms with van der Waals surface area (Å²) < 4.78 is 0. The van der Waals surface area contributed by atoms with Crippen LogP contribution in [0.1, 0.15) is 34.6 Å². The number of carbonyl (C=O) groups is 2. The predicted molar refractivity (Wildman–Crippen MR) is 77.6 cm³/mol. The van der Waals surface area contributed by atoms with Crippen LogP contribution in [-0.2, 0) is 0 Å². The van der Waals surface area contributed by atoms with Gasteiger partial charge < -0.3 is 0 Å². The number of ketones is 2. The lowest BCUT2D eigenvalue weighted by molar-refractivity contribution is 0.0913. The first-order valence-corrected chi connectivity index (χ1v) is 7.06. The Morgan fingerprint density at radius 1 is 1.20 bits per heavy atom. The Kier molecular flexibility index (Phi) is 3.26. The molecule has 104 valence electrons. The van der Waals surface area contributed by atoms with Gasteiger partial charge in [0, 0.05) is 30.8 Å². The second kappa shape index (κ2) is 4.94. The van der Waals surface area contributed by atoms with Gasteiger partial charge in [-0.05, 0) is 5.92 Å². The Morgan fingerprint density at radius 3 is 2.45 bits per heavy atom. The van der Waals surface area contributed by atoms with Crippen molar-refractivity contribution in [1.29, 1.82) is 0 Å². The summed E-state index contributed by atoms with van der Waals surface area (Å²) in [6, 6.07) is 6.60. The summed E-state index contributed by atoms with van der Waals surface area (Å²) in [5.74, 6) is 0.301. The highest BCUT2D eigenvalue weighted by molar-refractivity contribution is 6.55. The molecular formula is C16H18N2O2. The van der Waals surface area contributed by atoms with Crippen LogP contribution in [-0.4, -0.2) is 47.9 Å². The molecule has 4 heteroatoms. The first-order chi connectivity index (χ1) is 9.59. The van der Waals surface area contributed by atoms with Crippen molar-refractivity contribution >= 4 is 17.3 Å². The zero-order valence-corrected chi connectivity index (χ0v) is 11.8. The molecule has 0 aromatic heterocycles. The van der Waals surface area contributed by atoms with Crippen LogP contribution in [0.5, 0.6) is 0 Å². The molecule has 20 heavy (non-hydrogen) atoms. The molecule has 0 bridgehead atoms. The molecule has 1 fully saturated rings. The summed E-state index contributed by atoms with van der Waals surface area (Å²) in [5, 5.41) is 0. The van der Waals surface area contributed by atoms with Gasteiger partial charge in [0.2, 0.25) is 5.78 Å². The minimum atomic E-state index is -0.462. The summed E-state index contributed by atoms with van der Waals surface area (Å²) in [5.41, 5.74) is 1.47. The zero-order chi connectivity index (χ0) is 14.3. The topological polar surface area (TPSA) is 49.5 Å². The van der Waals surface area contributed by atoms with Crippen LogP contribution in [0.3, 0.4) is 0 Å². The van der Waals surface area contributed by atoms with Gasteiger partial charge in [-0.25, -0.2) is 0 Å². The van der Waals surface area contributed by atoms with Crippen LogP contribution in [0.2, 0.25) is 0 Å². The average Bonchev–Trinajstić information content (AvgIpc) is 3.25. The fourth-order valence-electron chi connectivity index (χ4n) is 2.52. The van der Waals surface area contributed by atoms with E-state index in [0.29, 0.717) is 29.3 Å². The number of hydrogen-bond donors (Lipinski definition) is 0. The lowest BCUT2D eigenvalue weighted by Gasteiger charge is -2.25. The second-order valence-corrected chi connectivity index (χ2v) is 5.80. The Bertz CT molecular complexity index is 600. The fourth-order valence-corrected chi connectivity index (χ4v) is 2.52. The monoisotopic (exact) mass is 270 g/mol. The van der Waals surface area contributed by atoms with Crippen LogP contribution in [0, 0.1) is 5.92 Å². The number of benzene rings is 1. The first-order valence-electron chi connectivity index (χ1n) is 7.06. The van der Waals surface area contributed by atoms with Crippen molar-refractivity contribution in [2.24, 2.45) is 10.9 Å². The molecule has 1 aliphatic heterocycles. The Hall–Kier alpha value is -1.81. The number of rotatable bonds is 3. The van der Waals surface area contributed by atoms with E-state index in [2.05, 4.69) is 18.8 Å². The SMILES string of the molecule is CC(C)CN=C1C(=O)c2ccccc2C(=O)[C@@H]1N1CC1. The zero-order valence-electron chi connectivity index (χ0n) is 11.8. The van der Waals surface area contributed by atoms with Gasteiger partial charge in [-0.15, -0.1) is 0 Å². The van der Waals surface area contributed by atoms with Gasteiger partial charge in [0.1, 0.15) is 11.8 Å². The minimum Gasteiger partial charge on any atom is -0.292 e. The van der Waals surface area contributed by atoms with E-state index in [4.69, 9.17) is 0 Å². The summed E-state index contributed by atoms with van der Waals surface area (Å²) in [6.07, 6.45) is 0. The maximum Gasteiger partial charge on any atom is 0.209 e. The molecule has 0 spiro atoms. The molecule has 1 aromatic rings. The number of fused-ring (bicyclic) bond motifs is 1. The van der Waals surface area contributed by atoms with Crippen molar-refractivity contribution in [1.82, 2.24) is 4.90 Å². The molecule has 1 atom stereocenters. The fraction of sp³-hybridized carbons (Fsp3) is 0.438. The maximum absolute atomic E-state index is 12.6. The van der Waals surface area contributed by atoms with Gasteiger partial charge in [-0.3, -0.25) is 19.5 Å². The third kappa shape index (κ3) is 2.20. The second-order valence-electron chi connectivity index (χ2n) is 5.80. The summed E-state index contributed by atoms with van der Waals surface area (Å²) >= 11 is 0. The quantitative estimate of drug-likeness (QED) is 0.788. The lowest BCUT2D eigenvalue weighted by Crippen LogP contribution is -2.46. The molecule has 1 aromatic carbocycles. The number of Topliss-reactive ketones (excluding diaryl/α,β-unsaturated/α-hetero) is 2. The van der Waals surface area contributed by atoms with Crippen LogP contribution < -0.4 is 0 Å². The molecule has 0 unspecified atom stereocenters. The summed E-state index contributed by atoms with van der Waals surface area (Å²) in [4.78, 5) is 31.7. The van der Waals surface area contributed by atoms with E-state index in [1.807, 2.05) is 4.90 Å². The van der Waals surface area contributed by atoms with Crippen LogP contribution in [0.25, 0.3) is 0 Å². The van der Waals surface area contributed by atoms with Gasteiger partial charge >= 0.3 is 0 Å². The van der Waals surface area contributed by atoms with E-state index in [9.17, 15) is 9.59 Å². The number of aliphatic imine (C=N–C) groups is 1. The van der Waals surface area contributed by atoms with Crippen molar-refractivity contribution in [2.45, 2.75) is 19.9 Å². The molecule has 0 amide bonds. The standard InChI is InChI=1S/C16H18N2O2/c1-10(2)9-17-13-14(18-7-8-18)16(20)12-6-4-3-5-11(12)15(13)19/h3-6,10,14H,7-9H2,1-2H3/t14-/m1/s1. The van der Waals surface area contributed by atoms with Crippen molar-refractivity contribution in [3.8, 4) is 0 Å². The van der Waals surface area contributed by atoms with Crippen LogP contribution >= 0.6 is 0 Å². The van der Waals surface area contributed by atoms with Gasteiger partial charge in [-0.2, -0.15) is 0 Å². The smallest absolute Gasteiger partial charge is 0.209 e. The third-order valence-corrected chi connectivity index (χ3v) is 3.65. The molecule has 1 aliphatic carbocycles. The molecule has 4 nitrogen and oxygen atoms in total. The molecule has 0 N–H and O–H groups in total. The first kappa shape index (κ1) is 13.2. The Morgan fingerprint density at radius 2 is 1.85 bits per heavy atom. The molecule has 1 saturated heterocycles. The van der Waals surface area contributed by atoms with Gasteiger partial charge in [0.05, 0.1) is 0 Å². The largest absolute Gasteiger partial charge is 0.292 e. The predicted octanol–water partition coefficient (Wildman–Crippen LogP) is 1.85. The van der Waals surface area contributed by atoms with Gasteiger partial charge in [0.25, 0.3) is 0 Å².